The van der Waals surface area contributed by atoms with Crippen molar-refractivity contribution in [1.82, 2.24) is 5.32 Å². The van der Waals surface area contributed by atoms with Crippen molar-refractivity contribution in [2.75, 3.05) is 6.61 Å². The second-order valence-corrected chi connectivity index (χ2v) is 6.75. The monoisotopic (exact) mass is 287 g/mol. The van der Waals surface area contributed by atoms with E-state index in [2.05, 4.69) is 17.4 Å². The standard InChI is InChI=1S/C18H25NO2/c20-14-17(10-5-2-6-11-17)19-16(21)18(12-7-13-18)15-8-3-1-4-9-15/h1,3-4,8-9,20H,2,5-7,10-14H2,(H,19,21). The SMILES string of the molecule is O=C(NC1(CO)CCCCC1)C1(c2ccccc2)CCC1. The van der Waals surface area contributed by atoms with Crippen molar-refractivity contribution in [2.24, 2.45) is 0 Å². The van der Waals surface area contributed by atoms with Gasteiger partial charge in [-0.05, 0) is 31.2 Å². The Labute approximate surface area is 126 Å². The lowest BCUT2D eigenvalue weighted by Crippen LogP contribution is -2.59. The summed E-state index contributed by atoms with van der Waals surface area (Å²) in [5, 5.41) is 13.0. The van der Waals surface area contributed by atoms with Crippen molar-refractivity contribution in [2.45, 2.75) is 62.3 Å². The highest BCUT2D eigenvalue weighted by Crippen LogP contribution is 2.44. The molecule has 0 aliphatic heterocycles. The second-order valence-electron chi connectivity index (χ2n) is 6.75. The van der Waals surface area contributed by atoms with Crippen LogP contribution in [0.2, 0.25) is 0 Å². The van der Waals surface area contributed by atoms with Gasteiger partial charge in [0, 0.05) is 0 Å². The molecule has 0 saturated heterocycles. The van der Waals surface area contributed by atoms with E-state index >= 15 is 0 Å². The fraction of sp³-hybridized carbons (Fsp3) is 0.611. The summed E-state index contributed by atoms with van der Waals surface area (Å²) >= 11 is 0. The van der Waals surface area contributed by atoms with E-state index in [9.17, 15) is 9.90 Å². The first kappa shape index (κ1) is 14.6. The van der Waals surface area contributed by atoms with Crippen LogP contribution in [0.5, 0.6) is 0 Å². The molecule has 21 heavy (non-hydrogen) atoms. The van der Waals surface area contributed by atoms with Crippen molar-refractivity contribution in [3.05, 3.63) is 35.9 Å². The molecule has 0 unspecified atom stereocenters. The Balaban J connectivity index is 1.80. The van der Waals surface area contributed by atoms with E-state index in [0.29, 0.717) is 0 Å². The zero-order chi connectivity index (χ0) is 14.8. The molecule has 0 radical (unpaired) electrons. The van der Waals surface area contributed by atoms with Gasteiger partial charge in [-0.25, -0.2) is 0 Å². The molecule has 0 heterocycles. The van der Waals surface area contributed by atoms with Gasteiger partial charge >= 0.3 is 0 Å². The molecule has 2 N–H and O–H groups in total. The Morgan fingerprint density at radius 1 is 1.00 bits per heavy atom. The van der Waals surface area contributed by atoms with E-state index in [0.717, 1.165) is 50.5 Å². The lowest BCUT2D eigenvalue weighted by molar-refractivity contribution is -0.133. The van der Waals surface area contributed by atoms with Gasteiger partial charge < -0.3 is 10.4 Å². The second kappa shape index (κ2) is 5.80. The Bertz CT molecular complexity index is 487. The number of nitrogens with one attached hydrogen (secondary N) is 1. The maximum Gasteiger partial charge on any atom is 0.231 e. The third-order valence-electron chi connectivity index (χ3n) is 5.46. The molecule has 0 spiro atoms. The van der Waals surface area contributed by atoms with E-state index in [1.807, 2.05) is 18.2 Å². The summed E-state index contributed by atoms with van der Waals surface area (Å²) in [6.45, 7) is 0.0591. The van der Waals surface area contributed by atoms with Crippen LogP contribution >= 0.6 is 0 Å². The number of hydrogen-bond donors (Lipinski definition) is 2. The number of benzene rings is 1. The smallest absolute Gasteiger partial charge is 0.231 e. The molecule has 1 aromatic carbocycles. The van der Waals surface area contributed by atoms with Gasteiger partial charge in [0.05, 0.1) is 17.6 Å². The zero-order valence-electron chi connectivity index (χ0n) is 12.6. The molecule has 2 saturated carbocycles. The van der Waals surface area contributed by atoms with E-state index in [1.165, 1.54) is 6.42 Å². The highest BCUT2D eigenvalue weighted by molar-refractivity contribution is 5.89. The minimum atomic E-state index is -0.382. The highest BCUT2D eigenvalue weighted by atomic mass is 16.3. The van der Waals surface area contributed by atoms with Crippen LogP contribution in [0.1, 0.15) is 56.9 Å². The molecule has 0 aromatic heterocycles. The lowest BCUT2D eigenvalue weighted by atomic mass is 9.63. The Kier molecular flexibility index (Phi) is 4.03. The predicted molar refractivity (Wildman–Crippen MR) is 83.0 cm³/mol. The Morgan fingerprint density at radius 3 is 2.19 bits per heavy atom. The first-order valence-corrected chi connectivity index (χ1v) is 8.20. The summed E-state index contributed by atoms with van der Waals surface area (Å²) in [6, 6.07) is 10.1. The molecule has 114 valence electrons. The van der Waals surface area contributed by atoms with Crippen LogP contribution < -0.4 is 5.32 Å². The van der Waals surface area contributed by atoms with Crippen molar-refractivity contribution < 1.29 is 9.90 Å². The lowest BCUT2D eigenvalue weighted by Gasteiger charge is -2.45. The number of amides is 1. The van der Waals surface area contributed by atoms with Crippen molar-refractivity contribution in [1.29, 1.82) is 0 Å². The molecular weight excluding hydrogens is 262 g/mol. The molecule has 2 aliphatic carbocycles. The van der Waals surface area contributed by atoms with E-state index < -0.39 is 0 Å². The molecule has 0 bridgehead atoms. The van der Waals surface area contributed by atoms with Gasteiger partial charge in [0.25, 0.3) is 0 Å². The van der Waals surface area contributed by atoms with Gasteiger partial charge in [-0.3, -0.25) is 4.79 Å². The average molecular weight is 287 g/mol. The van der Waals surface area contributed by atoms with Crippen LogP contribution in [0.4, 0.5) is 0 Å². The summed E-state index contributed by atoms with van der Waals surface area (Å²) < 4.78 is 0. The van der Waals surface area contributed by atoms with Crippen molar-refractivity contribution in [3.8, 4) is 0 Å². The molecule has 3 nitrogen and oxygen atoms in total. The van der Waals surface area contributed by atoms with Gasteiger partial charge in [0.2, 0.25) is 5.91 Å². The van der Waals surface area contributed by atoms with Gasteiger partial charge in [-0.15, -0.1) is 0 Å². The van der Waals surface area contributed by atoms with E-state index in [4.69, 9.17) is 0 Å². The predicted octanol–water partition coefficient (Wildman–Crippen LogP) is 2.92. The van der Waals surface area contributed by atoms with E-state index in [-0.39, 0.29) is 23.5 Å². The molecule has 0 atom stereocenters. The first-order chi connectivity index (χ1) is 10.2. The van der Waals surface area contributed by atoms with Crippen LogP contribution in [-0.4, -0.2) is 23.2 Å². The van der Waals surface area contributed by atoms with Crippen molar-refractivity contribution >= 4 is 5.91 Å². The number of carbonyl (C=O) groups excluding carboxylic acids is 1. The quantitative estimate of drug-likeness (QED) is 0.894. The minimum absolute atomic E-state index is 0.0591. The highest BCUT2D eigenvalue weighted by Gasteiger charge is 2.48. The summed E-state index contributed by atoms with van der Waals surface area (Å²) in [4.78, 5) is 13.0. The molecule has 1 aromatic rings. The summed E-state index contributed by atoms with van der Waals surface area (Å²) in [6.07, 6.45) is 8.16. The fourth-order valence-electron chi connectivity index (χ4n) is 3.85. The molecule has 1 amide bonds. The molecule has 3 heteroatoms. The van der Waals surface area contributed by atoms with Gasteiger partial charge in [0.15, 0.2) is 0 Å². The fourth-order valence-corrected chi connectivity index (χ4v) is 3.85. The topological polar surface area (TPSA) is 49.3 Å². The number of hydrogen-bond acceptors (Lipinski definition) is 2. The normalized spacial score (nSPS) is 23.1. The molecule has 3 rings (SSSR count). The largest absolute Gasteiger partial charge is 0.394 e. The van der Waals surface area contributed by atoms with Gasteiger partial charge in [-0.1, -0.05) is 56.0 Å². The number of aliphatic hydroxyl groups excluding tert-OH is 1. The van der Waals surface area contributed by atoms with Gasteiger partial charge in [0.1, 0.15) is 0 Å². The number of aliphatic hydroxyl groups is 1. The average Bonchev–Trinajstić information content (AvgIpc) is 2.48. The summed E-state index contributed by atoms with van der Waals surface area (Å²) in [7, 11) is 0. The number of rotatable bonds is 4. The van der Waals surface area contributed by atoms with Crippen molar-refractivity contribution in [3.63, 3.8) is 0 Å². The van der Waals surface area contributed by atoms with Crippen LogP contribution in [0.15, 0.2) is 30.3 Å². The van der Waals surface area contributed by atoms with Crippen LogP contribution in [0.25, 0.3) is 0 Å². The summed E-state index contributed by atoms with van der Waals surface area (Å²) in [5.74, 6) is 0.121. The summed E-state index contributed by atoms with van der Waals surface area (Å²) in [5.41, 5.74) is 0.380. The van der Waals surface area contributed by atoms with Crippen LogP contribution in [-0.2, 0) is 10.2 Å². The first-order valence-electron chi connectivity index (χ1n) is 8.20. The Hall–Kier alpha value is -1.35. The van der Waals surface area contributed by atoms with Crippen LogP contribution in [0.3, 0.4) is 0 Å². The third kappa shape index (κ3) is 2.59. The molecular formula is C18H25NO2. The number of carbonyl (C=O) groups is 1. The van der Waals surface area contributed by atoms with Gasteiger partial charge in [-0.2, -0.15) is 0 Å². The molecule has 2 fully saturated rings. The van der Waals surface area contributed by atoms with Crippen LogP contribution in [0, 0.1) is 0 Å². The molecule has 2 aliphatic rings. The Morgan fingerprint density at radius 2 is 1.67 bits per heavy atom. The van der Waals surface area contributed by atoms with E-state index in [1.54, 1.807) is 0 Å². The third-order valence-corrected chi connectivity index (χ3v) is 5.46. The maximum absolute atomic E-state index is 13.0. The zero-order valence-corrected chi connectivity index (χ0v) is 12.6. The minimum Gasteiger partial charge on any atom is -0.394 e. The maximum atomic E-state index is 13.0.